The van der Waals surface area contributed by atoms with Gasteiger partial charge in [-0.15, -0.1) is 0 Å². The van der Waals surface area contributed by atoms with Gasteiger partial charge in [0.2, 0.25) is 0 Å². The second-order valence-corrected chi connectivity index (χ2v) is 7.75. The van der Waals surface area contributed by atoms with E-state index in [1.165, 1.54) is 44.9 Å². The first-order chi connectivity index (χ1) is 9.88. The van der Waals surface area contributed by atoms with Crippen LogP contribution in [0.25, 0.3) is 0 Å². The van der Waals surface area contributed by atoms with E-state index in [0.29, 0.717) is 6.04 Å². The average molecular weight is 289 g/mol. The van der Waals surface area contributed by atoms with Crippen molar-refractivity contribution in [2.75, 3.05) is 6.54 Å². The summed E-state index contributed by atoms with van der Waals surface area (Å²) in [4.78, 5) is 0. The minimum absolute atomic E-state index is 0.567. The van der Waals surface area contributed by atoms with Gasteiger partial charge >= 0.3 is 0 Å². The van der Waals surface area contributed by atoms with Crippen LogP contribution < -0.4 is 5.32 Å². The molecule has 0 radical (unpaired) electrons. The van der Waals surface area contributed by atoms with Crippen molar-refractivity contribution in [1.82, 2.24) is 5.32 Å². The molecule has 1 saturated carbocycles. The molecule has 2 unspecified atom stereocenters. The summed E-state index contributed by atoms with van der Waals surface area (Å²) in [6.45, 7) is 3.31. The summed E-state index contributed by atoms with van der Waals surface area (Å²) in [6.07, 6.45) is 9.86. The van der Waals surface area contributed by atoms with Crippen LogP contribution in [-0.4, -0.2) is 17.0 Å². The van der Waals surface area contributed by atoms with Crippen molar-refractivity contribution in [1.29, 1.82) is 0 Å². The number of thioether (sulfide) groups is 1. The molecule has 1 N–H and O–H groups in total. The van der Waals surface area contributed by atoms with E-state index in [2.05, 4.69) is 48.3 Å². The second kappa shape index (κ2) is 7.00. The molecule has 2 aliphatic carbocycles. The van der Waals surface area contributed by atoms with E-state index in [4.69, 9.17) is 0 Å². The normalized spacial score (nSPS) is 27.2. The largest absolute Gasteiger partial charge is 0.309 e. The fraction of sp³-hybridized carbons (Fsp3) is 0.667. The average Bonchev–Trinajstić information content (AvgIpc) is 2.51. The molecule has 20 heavy (non-hydrogen) atoms. The van der Waals surface area contributed by atoms with Crippen molar-refractivity contribution in [3.05, 3.63) is 35.4 Å². The molecule has 2 atom stereocenters. The highest BCUT2D eigenvalue weighted by atomic mass is 32.2. The van der Waals surface area contributed by atoms with Crippen LogP contribution >= 0.6 is 11.8 Å². The van der Waals surface area contributed by atoms with Gasteiger partial charge in [-0.3, -0.25) is 0 Å². The monoisotopic (exact) mass is 289 g/mol. The third kappa shape index (κ3) is 3.23. The van der Waals surface area contributed by atoms with Gasteiger partial charge in [0.1, 0.15) is 0 Å². The lowest BCUT2D eigenvalue weighted by Gasteiger charge is -2.36. The Morgan fingerprint density at radius 1 is 1.10 bits per heavy atom. The van der Waals surface area contributed by atoms with Gasteiger partial charge in [0.05, 0.1) is 0 Å². The SMILES string of the molecule is CCNC1c2ccccc2CCC1SC1CCCCC1. The topological polar surface area (TPSA) is 12.0 Å². The zero-order valence-corrected chi connectivity index (χ0v) is 13.4. The standard InChI is InChI=1S/C18H27NS/c1-2-19-18-16-11-7-6-8-14(16)12-13-17(18)20-15-9-4-3-5-10-15/h6-8,11,15,17-19H,2-5,9-10,12-13H2,1H3. The summed E-state index contributed by atoms with van der Waals surface area (Å²) in [5.74, 6) is 0. The Hall–Kier alpha value is -0.470. The Balaban J connectivity index is 1.73. The Morgan fingerprint density at radius 2 is 1.90 bits per heavy atom. The van der Waals surface area contributed by atoms with E-state index in [1.54, 1.807) is 11.1 Å². The lowest BCUT2D eigenvalue weighted by molar-refractivity contribution is 0.474. The van der Waals surface area contributed by atoms with Crippen molar-refractivity contribution in [3.63, 3.8) is 0 Å². The van der Waals surface area contributed by atoms with Gasteiger partial charge < -0.3 is 5.32 Å². The first-order valence-corrected chi connectivity index (χ1v) is 9.29. The zero-order valence-electron chi connectivity index (χ0n) is 12.6. The minimum atomic E-state index is 0.567. The first-order valence-electron chi connectivity index (χ1n) is 8.35. The van der Waals surface area contributed by atoms with E-state index in [9.17, 15) is 0 Å². The van der Waals surface area contributed by atoms with Crippen LogP contribution in [0.15, 0.2) is 24.3 Å². The maximum Gasteiger partial charge on any atom is 0.0443 e. The van der Waals surface area contributed by atoms with Crippen molar-refractivity contribution in [2.24, 2.45) is 0 Å². The maximum absolute atomic E-state index is 3.76. The van der Waals surface area contributed by atoms with Crippen LogP contribution in [-0.2, 0) is 6.42 Å². The van der Waals surface area contributed by atoms with E-state index in [-0.39, 0.29) is 0 Å². The number of nitrogens with one attached hydrogen (secondary N) is 1. The van der Waals surface area contributed by atoms with Crippen molar-refractivity contribution >= 4 is 11.8 Å². The third-order valence-corrected chi connectivity index (χ3v) is 6.52. The van der Waals surface area contributed by atoms with Crippen LogP contribution in [0.5, 0.6) is 0 Å². The fourth-order valence-electron chi connectivity index (χ4n) is 3.79. The van der Waals surface area contributed by atoms with Gasteiger partial charge in [0.15, 0.2) is 0 Å². The third-order valence-electron chi connectivity index (χ3n) is 4.80. The quantitative estimate of drug-likeness (QED) is 0.861. The summed E-state index contributed by atoms with van der Waals surface area (Å²) in [5, 5.41) is 5.45. The molecule has 2 heteroatoms. The number of rotatable bonds is 4. The molecule has 1 fully saturated rings. The molecule has 110 valence electrons. The molecule has 1 aromatic carbocycles. The van der Waals surface area contributed by atoms with Crippen molar-refractivity contribution < 1.29 is 0 Å². The number of aryl methyl sites for hydroxylation is 1. The molecule has 0 spiro atoms. The molecular weight excluding hydrogens is 262 g/mol. The van der Waals surface area contributed by atoms with Crippen molar-refractivity contribution in [3.8, 4) is 0 Å². The zero-order chi connectivity index (χ0) is 13.8. The Kier molecular flexibility index (Phi) is 5.06. The smallest absolute Gasteiger partial charge is 0.0443 e. The lowest BCUT2D eigenvalue weighted by Crippen LogP contribution is -2.35. The van der Waals surface area contributed by atoms with Crippen LogP contribution in [0.1, 0.15) is 62.6 Å². The number of hydrogen-bond acceptors (Lipinski definition) is 2. The van der Waals surface area contributed by atoms with Gasteiger partial charge in [-0.05, 0) is 43.4 Å². The Bertz CT molecular complexity index is 425. The van der Waals surface area contributed by atoms with Crippen LogP contribution in [0, 0.1) is 0 Å². The van der Waals surface area contributed by atoms with E-state index in [1.807, 2.05) is 0 Å². The predicted octanol–water partition coefficient (Wildman–Crippen LogP) is 4.72. The van der Waals surface area contributed by atoms with Crippen molar-refractivity contribution in [2.45, 2.75) is 68.4 Å². The number of fused-ring (bicyclic) bond motifs is 1. The summed E-state index contributed by atoms with van der Waals surface area (Å²) in [6, 6.07) is 9.63. The molecule has 2 aliphatic rings. The van der Waals surface area contributed by atoms with E-state index in [0.717, 1.165) is 17.0 Å². The van der Waals surface area contributed by atoms with Gasteiger partial charge in [0.25, 0.3) is 0 Å². The summed E-state index contributed by atoms with van der Waals surface area (Å²) in [7, 11) is 0. The van der Waals surface area contributed by atoms with Gasteiger partial charge in [-0.25, -0.2) is 0 Å². The molecule has 0 bridgehead atoms. The van der Waals surface area contributed by atoms with Gasteiger partial charge in [-0.1, -0.05) is 50.5 Å². The highest BCUT2D eigenvalue weighted by Crippen LogP contribution is 2.41. The number of benzene rings is 1. The molecular formula is C18H27NS. The summed E-state index contributed by atoms with van der Waals surface area (Å²) in [5.41, 5.74) is 3.13. The highest BCUT2D eigenvalue weighted by Gasteiger charge is 2.31. The maximum atomic E-state index is 3.76. The molecule has 0 aliphatic heterocycles. The highest BCUT2D eigenvalue weighted by molar-refractivity contribution is 8.00. The minimum Gasteiger partial charge on any atom is -0.309 e. The Labute approximate surface area is 127 Å². The molecule has 0 heterocycles. The Morgan fingerprint density at radius 3 is 2.70 bits per heavy atom. The molecule has 0 aromatic heterocycles. The summed E-state index contributed by atoms with van der Waals surface area (Å²) < 4.78 is 0. The summed E-state index contributed by atoms with van der Waals surface area (Å²) >= 11 is 2.29. The molecule has 0 amide bonds. The molecule has 3 rings (SSSR count). The first kappa shape index (κ1) is 14.5. The van der Waals surface area contributed by atoms with Crippen LogP contribution in [0.2, 0.25) is 0 Å². The predicted molar refractivity (Wildman–Crippen MR) is 89.4 cm³/mol. The van der Waals surface area contributed by atoms with Crippen LogP contribution in [0.4, 0.5) is 0 Å². The van der Waals surface area contributed by atoms with Gasteiger partial charge in [0, 0.05) is 16.5 Å². The van der Waals surface area contributed by atoms with E-state index >= 15 is 0 Å². The second-order valence-electron chi connectivity index (χ2n) is 6.21. The molecule has 0 saturated heterocycles. The lowest BCUT2D eigenvalue weighted by atomic mass is 9.87. The molecule has 1 aromatic rings. The number of hydrogen-bond donors (Lipinski definition) is 1. The van der Waals surface area contributed by atoms with Gasteiger partial charge in [-0.2, -0.15) is 11.8 Å². The molecule has 1 nitrogen and oxygen atoms in total. The fourth-order valence-corrected chi connectivity index (χ4v) is 5.54. The van der Waals surface area contributed by atoms with Crippen LogP contribution in [0.3, 0.4) is 0 Å². The van der Waals surface area contributed by atoms with E-state index < -0.39 is 0 Å².